The average molecular weight is 291 g/mol. The second kappa shape index (κ2) is 6.80. The fourth-order valence-corrected chi connectivity index (χ4v) is 3.25. The third-order valence-corrected chi connectivity index (χ3v) is 4.54. The van der Waals surface area contributed by atoms with Gasteiger partial charge < -0.3 is 15.2 Å². The van der Waals surface area contributed by atoms with Crippen LogP contribution in [0.2, 0.25) is 0 Å². The summed E-state index contributed by atoms with van der Waals surface area (Å²) in [5.41, 5.74) is 1.03. The van der Waals surface area contributed by atoms with Gasteiger partial charge in [0.2, 0.25) is 0 Å². The molecule has 0 aliphatic carbocycles. The van der Waals surface area contributed by atoms with Crippen molar-refractivity contribution in [1.29, 1.82) is 0 Å². The number of ether oxygens (including phenoxy) is 1. The Hall–Kier alpha value is -1.06. The molecule has 1 heterocycles. The van der Waals surface area contributed by atoms with E-state index in [1.165, 1.54) is 5.56 Å². The molecule has 0 amide bonds. The summed E-state index contributed by atoms with van der Waals surface area (Å²) < 4.78 is 6.04. The Labute approximate surface area is 128 Å². The number of hydrogen-bond donors (Lipinski definition) is 2. The van der Waals surface area contributed by atoms with Crippen LogP contribution in [0, 0.1) is 5.92 Å². The van der Waals surface area contributed by atoms with Crippen molar-refractivity contribution in [2.45, 2.75) is 64.7 Å². The Morgan fingerprint density at radius 3 is 2.62 bits per heavy atom. The minimum absolute atomic E-state index is 0.175. The monoisotopic (exact) mass is 291 g/mol. The van der Waals surface area contributed by atoms with E-state index in [9.17, 15) is 5.11 Å². The first-order valence-corrected chi connectivity index (χ1v) is 8.16. The van der Waals surface area contributed by atoms with E-state index in [-0.39, 0.29) is 17.7 Å². The second-order valence-electron chi connectivity index (χ2n) is 6.71. The van der Waals surface area contributed by atoms with Crippen molar-refractivity contribution in [3.8, 4) is 5.75 Å². The molecule has 1 aromatic carbocycles. The van der Waals surface area contributed by atoms with E-state index in [0.29, 0.717) is 12.5 Å². The lowest BCUT2D eigenvalue weighted by molar-refractivity contribution is 0.0555. The van der Waals surface area contributed by atoms with Crippen LogP contribution in [0.5, 0.6) is 5.75 Å². The SMILES string of the molecule is CCC(CC)C(O)CNC1CC(C)(C)Oc2ccccc21. The summed E-state index contributed by atoms with van der Waals surface area (Å²) in [5, 5.41) is 13.9. The first kappa shape index (κ1) is 16.3. The summed E-state index contributed by atoms with van der Waals surface area (Å²) in [7, 11) is 0. The molecule has 21 heavy (non-hydrogen) atoms. The molecule has 1 aliphatic rings. The van der Waals surface area contributed by atoms with Crippen molar-refractivity contribution < 1.29 is 9.84 Å². The van der Waals surface area contributed by atoms with Gasteiger partial charge in [-0.2, -0.15) is 0 Å². The van der Waals surface area contributed by atoms with E-state index in [4.69, 9.17) is 4.74 Å². The molecule has 0 aromatic heterocycles. The smallest absolute Gasteiger partial charge is 0.124 e. The normalized spacial score (nSPS) is 21.7. The van der Waals surface area contributed by atoms with Crippen LogP contribution in [0.3, 0.4) is 0 Å². The number of aliphatic hydroxyl groups excluding tert-OH is 1. The topological polar surface area (TPSA) is 41.5 Å². The minimum atomic E-state index is -0.280. The van der Waals surface area contributed by atoms with Gasteiger partial charge >= 0.3 is 0 Å². The number of fused-ring (bicyclic) bond motifs is 1. The van der Waals surface area contributed by atoms with Gasteiger partial charge in [0.25, 0.3) is 0 Å². The van der Waals surface area contributed by atoms with Crippen LogP contribution in [-0.2, 0) is 0 Å². The second-order valence-corrected chi connectivity index (χ2v) is 6.71. The van der Waals surface area contributed by atoms with Crippen molar-refractivity contribution in [2.24, 2.45) is 5.92 Å². The lowest BCUT2D eigenvalue weighted by atomic mass is 9.89. The fourth-order valence-electron chi connectivity index (χ4n) is 3.25. The number of hydrogen-bond acceptors (Lipinski definition) is 3. The lowest BCUT2D eigenvalue weighted by Crippen LogP contribution is -2.42. The van der Waals surface area contributed by atoms with Crippen molar-refractivity contribution in [2.75, 3.05) is 6.54 Å². The van der Waals surface area contributed by atoms with Crippen LogP contribution in [0.15, 0.2) is 24.3 Å². The molecule has 3 heteroatoms. The molecule has 2 unspecified atom stereocenters. The highest BCUT2D eigenvalue weighted by Gasteiger charge is 2.33. The molecule has 0 bridgehead atoms. The van der Waals surface area contributed by atoms with Gasteiger partial charge in [0.1, 0.15) is 11.4 Å². The van der Waals surface area contributed by atoms with E-state index in [1.54, 1.807) is 0 Å². The maximum Gasteiger partial charge on any atom is 0.124 e. The summed E-state index contributed by atoms with van der Waals surface area (Å²) in [6.07, 6.45) is 2.68. The maximum atomic E-state index is 10.3. The average Bonchev–Trinajstić information content (AvgIpc) is 2.45. The Kier molecular flexibility index (Phi) is 5.28. The number of para-hydroxylation sites is 1. The van der Waals surface area contributed by atoms with Crippen LogP contribution in [0.1, 0.15) is 58.6 Å². The summed E-state index contributed by atoms with van der Waals surface area (Å²) in [6, 6.07) is 8.45. The summed E-state index contributed by atoms with van der Waals surface area (Å²) in [6.45, 7) is 9.17. The summed E-state index contributed by atoms with van der Waals surface area (Å²) in [5.74, 6) is 1.34. The predicted octanol–water partition coefficient (Wildman–Crippen LogP) is 3.68. The standard InChI is InChI=1S/C18H29NO2/c1-5-13(6-2)16(20)12-19-15-11-18(3,4)21-17-10-8-7-9-14(15)17/h7-10,13,15-16,19-20H,5-6,11-12H2,1-4H3. The molecule has 0 radical (unpaired) electrons. The molecule has 3 nitrogen and oxygen atoms in total. The molecule has 0 saturated heterocycles. The van der Waals surface area contributed by atoms with Crippen LogP contribution in [0.25, 0.3) is 0 Å². The molecule has 0 fully saturated rings. The van der Waals surface area contributed by atoms with Crippen molar-refractivity contribution in [1.82, 2.24) is 5.32 Å². The molecule has 2 rings (SSSR count). The van der Waals surface area contributed by atoms with Gasteiger partial charge in [0.15, 0.2) is 0 Å². The van der Waals surface area contributed by atoms with Crippen LogP contribution >= 0.6 is 0 Å². The first-order chi connectivity index (χ1) is 9.96. The van der Waals surface area contributed by atoms with Gasteiger partial charge in [0, 0.05) is 24.6 Å². The van der Waals surface area contributed by atoms with Crippen molar-refractivity contribution in [3.05, 3.63) is 29.8 Å². The van der Waals surface area contributed by atoms with Gasteiger partial charge in [-0.3, -0.25) is 0 Å². The van der Waals surface area contributed by atoms with Crippen LogP contribution < -0.4 is 10.1 Å². The van der Waals surface area contributed by atoms with E-state index < -0.39 is 0 Å². The van der Waals surface area contributed by atoms with Gasteiger partial charge in [0.05, 0.1) is 6.10 Å². The molecule has 2 atom stereocenters. The lowest BCUT2D eigenvalue weighted by Gasteiger charge is -2.38. The molecule has 1 aromatic rings. The van der Waals surface area contributed by atoms with Crippen LogP contribution in [0.4, 0.5) is 0 Å². The zero-order valence-corrected chi connectivity index (χ0v) is 13.7. The third-order valence-electron chi connectivity index (χ3n) is 4.54. The number of nitrogens with one attached hydrogen (secondary N) is 1. The van der Waals surface area contributed by atoms with Gasteiger partial charge in [-0.25, -0.2) is 0 Å². The molecule has 0 spiro atoms. The van der Waals surface area contributed by atoms with Gasteiger partial charge in [-0.1, -0.05) is 44.9 Å². The number of aliphatic hydroxyl groups is 1. The molecule has 0 saturated carbocycles. The minimum Gasteiger partial charge on any atom is -0.487 e. The maximum absolute atomic E-state index is 10.3. The van der Waals surface area contributed by atoms with E-state index in [2.05, 4.69) is 39.1 Å². The van der Waals surface area contributed by atoms with Gasteiger partial charge in [-0.05, 0) is 25.8 Å². The zero-order chi connectivity index (χ0) is 15.5. The van der Waals surface area contributed by atoms with Crippen molar-refractivity contribution >= 4 is 0 Å². The molecular weight excluding hydrogens is 262 g/mol. The Morgan fingerprint density at radius 1 is 1.29 bits per heavy atom. The predicted molar refractivity (Wildman–Crippen MR) is 86.6 cm³/mol. The Balaban J connectivity index is 2.06. The van der Waals surface area contributed by atoms with Crippen LogP contribution in [-0.4, -0.2) is 23.4 Å². The quantitative estimate of drug-likeness (QED) is 0.840. The summed E-state index contributed by atoms with van der Waals surface area (Å²) in [4.78, 5) is 0. The van der Waals surface area contributed by atoms with Crippen molar-refractivity contribution in [3.63, 3.8) is 0 Å². The molecule has 1 aliphatic heterocycles. The highest BCUT2D eigenvalue weighted by atomic mass is 16.5. The van der Waals surface area contributed by atoms with E-state index in [1.807, 2.05) is 18.2 Å². The molecule has 118 valence electrons. The summed E-state index contributed by atoms with van der Waals surface area (Å²) >= 11 is 0. The Bertz CT molecular complexity index is 454. The zero-order valence-electron chi connectivity index (χ0n) is 13.7. The number of benzene rings is 1. The molecular formula is C18H29NO2. The van der Waals surface area contributed by atoms with E-state index in [0.717, 1.165) is 25.0 Å². The first-order valence-electron chi connectivity index (χ1n) is 8.16. The highest BCUT2D eigenvalue weighted by Crippen LogP contribution is 2.39. The number of rotatable bonds is 6. The third kappa shape index (κ3) is 3.98. The molecule has 2 N–H and O–H groups in total. The van der Waals surface area contributed by atoms with Gasteiger partial charge in [-0.15, -0.1) is 0 Å². The Morgan fingerprint density at radius 2 is 1.95 bits per heavy atom. The van der Waals surface area contributed by atoms with E-state index >= 15 is 0 Å². The fraction of sp³-hybridized carbons (Fsp3) is 0.667. The highest BCUT2D eigenvalue weighted by molar-refractivity contribution is 5.38. The largest absolute Gasteiger partial charge is 0.487 e.